The van der Waals surface area contributed by atoms with E-state index in [1.165, 1.54) is 45.4 Å². The maximum absolute atomic E-state index is 2.72. The molecule has 1 spiro atoms. The quantitative estimate of drug-likeness (QED) is 0.650. The third-order valence-electron chi connectivity index (χ3n) is 4.82. The van der Waals surface area contributed by atoms with Gasteiger partial charge in [0.15, 0.2) is 0 Å². The molecule has 2 heteroatoms. The number of hydrogen-bond acceptors (Lipinski definition) is 2. The van der Waals surface area contributed by atoms with E-state index in [-0.39, 0.29) is 0 Å². The molecule has 0 bridgehead atoms. The van der Waals surface area contributed by atoms with Crippen LogP contribution in [0.1, 0.15) is 40.0 Å². The van der Waals surface area contributed by atoms with E-state index in [4.69, 9.17) is 0 Å². The smallest absolute Gasteiger partial charge is 0.0351 e. The van der Waals surface area contributed by atoms with Crippen LogP contribution in [0.5, 0.6) is 0 Å². The molecule has 0 unspecified atom stereocenters. The zero-order valence-corrected chi connectivity index (χ0v) is 10.4. The van der Waals surface area contributed by atoms with Crippen LogP contribution in [0.25, 0.3) is 0 Å². The molecule has 2 aliphatic heterocycles. The summed E-state index contributed by atoms with van der Waals surface area (Å²) >= 11 is 0. The van der Waals surface area contributed by atoms with Gasteiger partial charge in [-0.25, -0.2) is 0 Å². The second kappa shape index (κ2) is 2.98. The Labute approximate surface area is 93.6 Å². The van der Waals surface area contributed by atoms with Crippen molar-refractivity contribution in [2.24, 2.45) is 5.41 Å². The lowest BCUT2D eigenvalue weighted by Gasteiger charge is -2.62. The highest BCUT2D eigenvalue weighted by atomic mass is 15.4. The van der Waals surface area contributed by atoms with Crippen molar-refractivity contribution >= 4 is 0 Å². The van der Waals surface area contributed by atoms with Crippen LogP contribution < -0.4 is 0 Å². The topological polar surface area (TPSA) is 6.48 Å². The minimum atomic E-state index is 0.384. The van der Waals surface area contributed by atoms with Crippen LogP contribution in [-0.4, -0.2) is 47.6 Å². The van der Waals surface area contributed by atoms with Crippen molar-refractivity contribution in [3.8, 4) is 0 Å². The average molecular weight is 208 g/mol. The molecule has 15 heavy (non-hydrogen) atoms. The monoisotopic (exact) mass is 208 g/mol. The molecule has 1 saturated carbocycles. The Balaban J connectivity index is 1.45. The minimum absolute atomic E-state index is 0.384. The standard InChI is InChI=1S/C13H24N2/c1-12(2,3)15-7-11(8-15)14-9-13(10-14)5-4-6-13/h11H,4-10H2,1-3H3. The number of rotatable bonds is 1. The Kier molecular flexibility index (Phi) is 2.01. The van der Waals surface area contributed by atoms with Gasteiger partial charge in [-0.2, -0.15) is 0 Å². The van der Waals surface area contributed by atoms with Gasteiger partial charge in [-0.3, -0.25) is 9.80 Å². The van der Waals surface area contributed by atoms with E-state index < -0.39 is 0 Å². The molecule has 0 atom stereocenters. The van der Waals surface area contributed by atoms with Crippen molar-refractivity contribution in [1.29, 1.82) is 0 Å². The molecule has 3 aliphatic rings. The summed E-state index contributed by atoms with van der Waals surface area (Å²) in [4.78, 5) is 5.32. The van der Waals surface area contributed by atoms with Crippen LogP contribution in [0.4, 0.5) is 0 Å². The molecule has 0 aromatic rings. The van der Waals surface area contributed by atoms with Crippen molar-refractivity contribution < 1.29 is 0 Å². The van der Waals surface area contributed by atoms with Crippen LogP contribution in [0.3, 0.4) is 0 Å². The molecule has 0 aromatic heterocycles. The Morgan fingerprint density at radius 3 is 2.07 bits per heavy atom. The van der Waals surface area contributed by atoms with Crippen LogP contribution in [0.2, 0.25) is 0 Å². The van der Waals surface area contributed by atoms with Gasteiger partial charge in [0, 0.05) is 37.8 Å². The fourth-order valence-electron chi connectivity index (χ4n) is 3.30. The first-order chi connectivity index (χ1) is 6.99. The molecule has 0 aromatic carbocycles. The highest BCUT2D eigenvalue weighted by Gasteiger charge is 2.51. The number of hydrogen-bond donors (Lipinski definition) is 0. The summed E-state index contributed by atoms with van der Waals surface area (Å²) < 4.78 is 0. The van der Waals surface area contributed by atoms with Crippen LogP contribution in [0, 0.1) is 5.41 Å². The van der Waals surface area contributed by atoms with E-state index in [9.17, 15) is 0 Å². The zero-order valence-electron chi connectivity index (χ0n) is 10.4. The first-order valence-corrected chi connectivity index (χ1v) is 6.48. The predicted molar refractivity (Wildman–Crippen MR) is 63.0 cm³/mol. The lowest BCUT2D eigenvalue weighted by Crippen LogP contribution is -2.72. The van der Waals surface area contributed by atoms with Gasteiger partial charge < -0.3 is 0 Å². The number of likely N-dealkylation sites (tertiary alicyclic amines) is 2. The van der Waals surface area contributed by atoms with Crippen molar-refractivity contribution in [2.75, 3.05) is 26.2 Å². The molecule has 0 amide bonds. The molecule has 2 nitrogen and oxygen atoms in total. The minimum Gasteiger partial charge on any atom is -0.297 e. The summed E-state index contributed by atoms with van der Waals surface area (Å²) in [6.45, 7) is 12.4. The first-order valence-electron chi connectivity index (χ1n) is 6.48. The van der Waals surface area contributed by atoms with Crippen molar-refractivity contribution in [2.45, 2.75) is 51.6 Å². The Bertz CT molecular complexity index is 248. The number of nitrogens with zero attached hydrogens (tertiary/aromatic N) is 2. The zero-order chi connectivity index (χ0) is 10.7. The van der Waals surface area contributed by atoms with Gasteiger partial charge in [-0.1, -0.05) is 6.42 Å². The van der Waals surface area contributed by atoms with Gasteiger partial charge in [-0.15, -0.1) is 0 Å². The van der Waals surface area contributed by atoms with E-state index in [1.807, 2.05) is 0 Å². The summed E-state index contributed by atoms with van der Waals surface area (Å²) in [5, 5.41) is 0. The van der Waals surface area contributed by atoms with E-state index in [0.717, 1.165) is 11.5 Å². The second-order valence-corrected chi connectivity index (χ2v) is 6.99. The fraction of sp³-hybridized carbons (Fsp3) is 1.00. The van der Waals surface area contributed by atoms with Gasteiger partial charge >= 0.3 is 0 Å². The lowest BCUT2D eigenvalue weighted by atomic mass is 9.63. The van der Waals surface area contributed by atoms with Gasteiger partial charge in [0.1, 0.15) is 0 Å². The molecule has 0 radical (unpaired) electrons. The molecule has 0 N–H and O–H groups in total. The highest BCUT2D eigenvalue weighted by Crippen LogP contribution is 2.49. The van der Waals surface area contributed by atoms with E-state index in [0.29, 0.717) is 5.54 Å². The highest BCUT2D eigenvalue weighted by molar-refractivity contribution is 5.06. The molecule has 2 saturated heterocycles. The van der Waals surface area contributed by atoms with Gasteiger partial charge in [0.25, 0.3) is 0 Å². The maximum atomic E-state index is 2.72. The largest absolute Gasteiger partial charge is 0.297 e. The average Bonchev–Trinajstić information content (AvgIpc) is 1.82. The van der Waals surface area contributed by atoms with E-state index >= 15 is 0 Å². The molecule has 2 heterocycles. The maximum Gasteiger partial charge on any atom is 0.0351 e. The summed E-state index contributed by atoms with van der Waals surface area (Å²) in [6.07, 6.45) is 4.52. The normalized spacial score (nSPS) is 32.2. The van der Waals surface area contributed by atoms with Crippen LogP contribution >= 0.6 is 0 Å². The Morgan fingerprint density at radius 2 is 1.67 bits per heavy atom. The second-order valence-electron chi connectivity index (χ2n) is 6.99. The van der Waals surface area contributed by atoms with E-state index in [2.05, 4.69) is 30.6 Å². The summed E-state index contributed by atoms with van der Waals surface area (Å²) in [5.41, 5.74) is 1.19. The van der Waals surface area contributed by atoms with Crippen molar-refractivity contribution in [3.63, 3.8) is 0 Å². The van der Waals surface area contributed by atoms with E-state index in [1.54, 1.807) is 0 Å². The molecule has 86 valence electrons. The third-order valence-corrected chi connectivity index (χ3v) is 4.82. The van der Waals surface area contributed by atoms with Crippen LogP contribution in [0.15, 0.2) is 0 Å². The lowest BCUT2D eigenvalue weighted by molar-refractivity contribution is -0.129. The predicted octanol–water partition coefficient (Wildman–Crippen LogP) is 1.95. The molecule has 3 rings (SSSR count). The third kappa shape index (κ3) is 1.53. The molecule has 3 fully saturated rings. The van der Waals surface area contributed by atoms with Crippen LogP contribution in [-0.2, 0) is 0 Å². The van der Waals surface area contributed by atoms with Gasteiger partial charge in [0.2, 0.25) is 0 Å². The SMILES string of the molecule is CC(C)(C)N1CC(N2CC3(CCC3)C2)C1. The molecular weight excluding hydrogens is 184 g/mol. The Morgan fingerprint density at radius 1 is 1.07 bits per heavy atom. The Hall–Kier alpha value is -0.0800. The van der Waals surface area contributed by atoms with Crippen molar-refractivity contribution in [1.82, 2.24) is 9.80 Å². The summed E-state index contributed by atoms with van der Waals surface area (Å²) in [6, 6.07) is 0.885. The van der Waals surface area contributed by atoms with Gasteiger partial charge in [0.05, 0.1) is 0 Å². The fourth-order valence-corrected chi connectivity index (χ4v) is 3.30. The summed E-state index contributed by atoms with van der Waals surface area (Å²) in [7, 11) is 0. The summed E-state index contributed by atoms with van der Waals surface area (Å²) in [5.74, 6) is 0. The van der Waals surface area contributed by atoms with Crippen molar-refractivity contribution in [3.05, 3.63) is 0 Å². The first kappa shape index (κ1) is 10.1. The molecular formula is C13H24N2. The van der Waals surface area contributed by atoms with Gasteiger partial charge in [-0.05, 0) is 39.0 Å². The molecule has 1 aliphatic carbocycles.